The molecule has 0 saturated carbocycles. The molecular weight excluding hydrogens is 264 g/mol. The lowest BCUT2D eigenvalue weighted by molar-refractivity contribution is 0.0645. The number of rotatable bonds is 4. The van der Waals surface area contributed by atoms with Gasteiger partial charge in [-0.3, -0.25) is 0 Å². The molecule has 0 spiro atoms. The largest absolute Gasteiger partial charge is 0.506 e. The Balaban J connectivity index is 3.02. The van der Waals surface area contributed by atoms with Gasteiger partial charge in [-0.15, -0.1) is 0 Å². The topological polar surface area (TPSA) is 104 Å². The highest BCUT2D eigenvalue weighted by Crippen LogP contribution is 2.40. The highest BCUT2D eigenvalue weighted by Gasteiger charge is 2.28. The summed E-state index contributed by atoms with van der Waals surface area (Å²) in [5, 5.41) is 29.1. The minimum atomic E-state index is -1.52. The summed E-state index contributed by atoms with van der Waals surface area (Å²) in [5.74, 6) is -3.61. The van der Waals surface area contributed by atoms with Crippen LogP contribution in [0, 0.1) is 0 Å². The molecule has 0 unspecified atom stereocenters. The maximum Gasteiger partial charge on any atom is 0.340 e. The Morgan fingerprint density at radius 1 is 1.05 bits per heavy atom. The van der Waals surface area contributed by atoms with E-state index in [1.54, 1.807) is 25.1 Å². The van der Waals surface area contributed by atoms with Crippen molar-refractivity contribution in [2.75, 3.05) is 6.61 Å². The fraction of sp³-hybridized carbons (Fsp3) is 0.143. The van der Waals surface area contributed by atoms with Crippen LogP contribution in [-0.4, -0.2) is 33.9 Å². The average Bonchev–Trinajstić information content (AvgIpc) is 2.41. The Morgan fingerprint density at radius 2 is 1.60 bits per heavy atom. The van der Waals surface area contributed by atoms with Gasteiger partial charge >= 0.3 is 11.9 Å². The van der Waals surface area contributed by atoms with Crippen molar-refractivity contribution in [3.8, 4) is 11.5 Å². The molecule has 0 atom stereocenters. The number of fused-ring (bicyclic) bond motifs is 1. The van der Waals surface area contributed by atoms with Crippen molar-refractivity contribution in [2.45, 2.75) is 6.92 Å². The number of carboxylic acid groups (broad SMARTS) is 2. The number of carbonyl (C=O) groups is 2. The maximum absolute atomic E-state index is 11.4. The zero-order chi connectivity index (χ0) is 14.9. The molecule has 0 aliphatic rings. The molecule has 0 fully saturated rings. The van der Waals surface area contributed by atoms with Crippen LogP contribution in [0.4, 0.5) is 0 Å². The van der Waals surface area contributed by atoms with Gasteiger partial charge in [-0.25, -0.2) is 9.59 Å². The van der Waals surface area contributed by atoms with Crippen molar-refractivity contribution in [1.29, 1.82) is 0 Å². The zero-order valence-electron chi connectivity index (χ0n) is 10.6. The van der Waals surface area contributed by atoms with E-state index in [1.165, 1.54) is 6.07 Å². The maximum atomic E-state index is 11.4. The molecule has 2 aromatic rings. The van der Waals surface area contributed by atoms with Gasteiger partial charge in [0.15, 0.2) is 0 Å². The first-order valence-corrected chi connectivity index (χ1v) is 5.86. The van der Waals surface area contributed by atoms with Gasteiger partial charge < -0.3 is 20.1 Å². The van der Waals surface area contributed by atoms with Crippen LogP contribution in [0.1, 0.15) is 27.6 Å². The summed E-state index contributed by atoms with van der Waals surface area (Å²) in [6.07, 6.45) is 0. The van der Waals surface area contributed by atoms with E-state index in [0.29, 0.717) is 5.39 Å². The molecule has 0 radical (unpaired) electrons. The van der Waals surface area contributed by atoms with E-state index < -0.39 is 28.8 Å². The molecule has 6 nitrogen and oxygen atoms in total. The second-order valence-electron chi connectivity index (χ2n) is 4.02. The quantitative estimate of drug-likeness (QED) is 0.791. The zero-order valence-corrected chi connectivity index (χ0v) is 10.6. The minimum absolute atomic E-state index is 0.0502. The molecule has 0 aliphatic heterocycles. The van der Waals surface area contributed by atoms with E-state index in [2.05, 4.69) is 0 Å². The van der Waals surface area contributed by atoms with Crippen molar-refractivity contribution in [3.05, 3.63) is 35.4 Å². The Hall–Kier alpha value is -2.76. The van der Waals surface area contributed by atoms with Gasteiger partial charge in [-0.05, 0) is 6.92 Å². The molecule has 2 aromatic carbocycles. The summed E-state index contributed by atoms with van der Waals surface area (Å²) in [6, 6.07) is 6.34. The van der Waals surface area contributed by atoms with Crippen LogP contribution in [0.5, 0.6) is 11.5 Å². The highest BCUT2D eigenvalue weighted by atomic mass is 16.5. The van der Waals surface area contributed by atoms with Crippen LogP contribution in [0.15, 0.2) is 24.3 Å². The molecule has 20 heavy (non-hydrogen) atoms. The molecule has 0 aromatic heterocycles. The number of aromatic carboxylic acids is 2. The Morgan fingerprint density at radius 3 is 2.10 bits per heavy atom. The van der Waals surface area contributed by atoms with E-state index in [1.807, 2.05) is 0 Å². The Labute approximate surface area is 113 Å². The number of benzene rings is 2. The molecule has 0 aliphatic carbocycles. The SMILES string of the molecule is CCOc1c(C(=O)O)c(C(=O)O)c(O)c2ccccc12. The third-order valence-corrected chi connectivity index (χ3v) is 2.86. The number of aromatic hydroxyl groups is 1. The smallest absolute Gasteiger partial charge is 0.340 e. The van der Waals surface area contributed by atoms with Crippen molar-refractivity contribution in [2.24, 2.45) is 0 Å². The van der Waals surface area contributed by atoms with Crippen molar-refractivity contribution in [1.82, 2.24) is 0 Å². The predicted octanol–water partition coefficient (Wildman–Crippen LogP) is 2.34. The van der Waals surface area contributed by atoms with E-state index in [-0.39, 0.29) is 17.7 Å². The van der Waals surface area contributed by atoms with E-state index in [9.17, 15) is 19.8 Å². The van der Waals surface area contributed by atoms with Gasteiger partial charge in [-0.2, -0.15) is 0 Å². The molecule has 3 N–H and O–H groups in total. The number of phenols is 1. The predicted molar refractivity (Wildman–Crippen MR) is 70.7 cm³/mol. The molecule has 6 heteroatoms. The van der Waals surface area contributed by atoms with Crippen LogP contribution in [0.3, 0.4) is 0 Å². The molecule has 2 rings (SSSR count). The third-order valence-electron chi connectivity index (χ3n) is 2.86. The first-order valence-electron chi connectivity index (χ1n) is 5.86. The van der Waals surface area contributed by atoms with Crippen LogP contribution >= 0.6 is 0 Å². The molecule has 0 bridgehead atoms. The van der Waals surface area contributed by atoms with Crippen LogP contribution in [-0.2, 0) is 0 Å². The summed E-state index contributed by atoms with van der Waals surface area (Å²) in [7, 11) is 0. The molecule has 104 valence electrons. The van der Waals surface area contributed by atoms with Crippen molar-refractivity contribution >= 4 is 22.7 Å². The summed E-state index contributed by atoms with van der Waals surface area (Å²) in [5.41, 5.74) is -1.21. The summed E-state index contributed by atoms with van der Waals surface area (Å²) in [6.45, 7) is 1.84. The normalized spacial score (nSPS) is 10.4. The Bertz CT molecular complexity index is 704. The first kappa shape index (κ1) is 13.7. The van der Waals surface area contributed by atoms with Gasteiger partial charge in [0.2, 0.25) is 0 Å². The summed E-state index contributed by atoms with van der Waals surface area (Å²) >= 11 is 0. The lowest BCUT2D eigenvalue weighted by atomic mass is 9.97. The first-order chi connectivity index (χ1) is 9.49. The monoisotopic (exact) mass is 276 g/mol. The molecular formula is C14H12O6. The second kappa shape index (κ2) is 5.08. The molecule has 0 amide bonds. The van der Waals surface area contributed by atoms with Gasteiger partial charge in [0, 0.05) is 10.8 Å². The summed E-state index contributed by atoms with van der Waals surface area (Å²) < 4.78 is 5.30. The standard InChI is InChI=1S/C14H12O6/c1-2-20-12-8-6-4-3-5-7(8)11(15)9(13(16)17)10(12)14(18)19/h3-6,15H,2H2,1H3,(H,16,17)(H,18,19). The number of carboxylic acids is 2. The second-order valence-corrected chi connectivity index (χ2v) is 4.02. The number of ether oxygens (including phenoxy) is 1. The van der Waals surface area contributed by atoms with Crippen LogP contribution in [0.25, 0.3) is 10.8 Å². The van der Waals surface area contributed by atoms with Gasteiger partial charge in [0.25, 0.3) is 0 Å². The third kappa shape index (κ3) is 2.01. The lowest BCUT2D eigenvalue weighted by Gasteiger charge is -2.15. The summed E-state index contributed by atoms with van der Waals surface area (Å²) in [4.78, 5) is 22.6. The minimum Gasteiger partial charge on any atom is -0.506 e. The van der Waals surface area contributed by atoms with Crippen molar-refractivity contribution < 1.29 is 29.6 Å². The fourth-order valence-electron chi connectivity index (χ4n) is 2.10. The van der Waals surface area contributed by atoms with E-state index >= 15 is 0 Å². The van der Waals surface area contributed by atoms with Gasteiger partial charge in [-0.1, -0.05) is 24.3 Å². The van der Waals surface area contributed by atoms with Crippen molar-refractivity contribution in [3.63, 3.8) is 0 Å². The lowest BCUT2D eigenvalue weighted by Crippen LogP contribution is -2.12. The Kier molecular flexibility index (Phi) is 3.47. The number of hydrogen-bond acceptors (Lipinski definition) is 4. The van der Waals surface area contributed by atoms with Crippen LogP contribution < -0.4 is 4.74 Å². The number of hydrogen-bond donors (Lipinski definition) is 3. The average molecular weight is 276 g/mol. The van der Waals surface area contributed by atoms with Crippen LogP contribution in [0.2, 0.25) is 0 Å². The molecule has 0 heterocycles. The van der Waals surface area contributed by atoms with Gasteiger partial charge in [0.1, 0.15) is 22.6 Å². The highest BCUT2D eigenvalue weighted by molar-refractivity contribution is 6.13. The van der Waals surface area contributed by atoms with Gasteiger partial charge in [0.05, 0.1) is 6.61 Å². The molecule has 0 saturated heterocycles. The fourth-order valence-corrected chi connectivity index (χ4v) is 2.10. The van der Waals surface area contributed by atoms with E-state index in [0.717, 1.165) is 0 Å². The van der Waals surface area contributed by atoms with E-state index in [4.69, 9.17) is 9.84 Å².